The lowest BCUT2D eigenvalue weighted by atomic mass is 10.2. The van der Waals surface area contributed by atoms with Crippen LogP contribution in [0.5, 0.6) is 5.75 Å². The quantitative estimate of drug-likeness (QED) is 0.795. The van der Waals surface area contributed by atoms with Gasteiger partial charge in [-0.3, -0.25) is 0 Å². The van der Waals surface area contributed by atoms with Gasteiger partial charge in [0, 0.05) is 25.2 Å². The molecule has 0 bridgehead atoms. The van der Waals surface area contributed by atoms with Crippen molar-refractivity contribution in [1.29, 1.82) is 0 Å². The largest absolute Gasteiger partial charge is 0.496 e. The predicted octanol–water partition coefficient (Wildman–Crippen LogP) is 1.06. The molecule has 1 rings (SSSR count). The molecule has 0 unspecified atom stereocenters. The molecule has 2 N–H and O–H groups in total. The minimum Gasteiger partial charge on any atom is -0.496 e. The molecule has 0 spiro atoms. The van der Waals surface area contributed by atoms with Gasteiger partial charge in [0.2, 0.25) is 0 Å². The maximum absolute atomic E-state index is 11.5. The number of carbonyl (C=O) groups is 1. The van der Waals surface area contributed by atoms with Gasteiger partial charge in [0.25, 0.3) is 0 Å². The topological polar surface area (TPSA) is 53.6 Å². The molecular weight excluding hydrogens is 230 g/mol. The fourth-order valence-electron chi connectivity index (χ4n) is 1.48. The normalized spacial score (nSPS) is 10.2. The SMILES string of the molecule is COc1ccccc1CNC(=O)NCCN(C)C. The highest BCUT2D eigenvalue weighted by Gasteiger charge is 2.04. The molecule has 0 aromatic heterocycles. The van der Waals surface area contributed by atoms with Crippen LogP contribution in [0.2, 0.25) is 0 Å². The number of nitrogens with one attached hydrogen (secondary N) is 2. The lowest BCUT2D eigenvalue weighted by Gasteiger charge is -2.12. The van der Waals surface area contributed by atoms with Gasteiger partial charge in [-0.25, -0.2) is 4.79 Å². The number of hydrogen-bond donors (Lipinski definition) is 2. The molecule has 0 aliphatic carbocycles. The van der Waals surface area contributed by atoms with Gasteiger partial charge >= 0.3 is 6.03 Å². The van der Waals surface area contributed by atoms with Gasteiger partial charge in [-0.05, 0) is 20.2 Å². The van der Waals surface area contributed by atoms with Crippen LogP contribution in [0.25, 0.3) is 0 Å². The third-order valence-electron chi connectivity index (χ3n) is 2.48. The fourth-order valence-corrected chi connectivity index (χ4v) is 1.48. The number of hydrogen-bond acceptors (Lipinski definition) is 3. The molecule has 0 saturated carbocycles. The molecule has 18 heavy (non-hydrogen) atoms. The van der Waals surface area contributed by atoms with E-state index in [2.05, 4.69) is 10.6 Å². The van der Waals surface area contributed by atoms with Crippen molar-refractivity contribution in [2.24, 2.45) is 0 Å². The van der Waals surface area contributed by atoms with Gasteiger partial charge in [0.15, 0.2) is 0 Å². The standard InChI is InChI=1S/C13H21N3O2/c1-16(2)9-8-14-13(17)15-10-11-6-4-5-7-12(11)18-3/h4-7H,8-10H2,1-3H3,(H2,14,15,17). The first kappa shape index (κ1) is 14.3. The van der Waals surface area contributed by atoms with Crippen molar-refractivity contribution in [3.05, 3.63) is 29.8 Å². The third kappa shape index (κ3) is 5.05. The second-order valence-electron chi connectivity index (χ2n) is 4.22. The molecule has 1 aromatic rings. The second kappa shape index (κ2) is 7.55. The van der Waals surface area contributed by atoms with E-state index in [1.807, 2.05) is 43.3 Å². The highest BCUT2D eigenvalue weighted by molar-refractivity contribution is 5.73. The van der Waals surface area contributed by atoms with Crippen molar-refractivity contribution >= 4 is 6.03 Å². The number of likely N-dealkylation sites (N-methyl/N-ethyl adjacent to an activating group) is 1. The number of benzene rings is 1. The van der Waals surface area contributed by atoms with Crippen molar-refractivity contribution in [3.8, 4) is 5.75 Å². The van der Waals surface area contributed by atoms with Crippen LogP contribution in [0, 0.1) is 0 Å². The number of ether oxygens (including phenoxy) is 1. The van der Waals surface area contributed by atoms with Crippen LogP contribution >= 0.6 is 0 Å². The van der Waals surface area contributed by atoms with Gasteiger partial charge in [-0.1, -0.05) is 18.2 Å². The Morgan fingerprint density at radius 1 is 1.28 bits per heavy atom. The fraction of sp³-hybridized carbons (Fsp3) is 0.462. The molecule has 5 heteroatoms. The van der Waals surface area contributed by atoms with Gasteiger partial charge < -0.3 is 20.3 Å². The van der Waals surface area contributed by atoms with Crippen LogP contribution in [-0.4, -0.2) is 45.2 Å². The molecule has 0 saturated heterocycles. The average Bonchev–Trinajstić information content (AvgIpc) is 2.36. The number of para-hydroxylation sites is 1. The van der Waals surface area contributed by atoms with Crippen LogP contribution in [0.1, 0.15) is 5.56 Å². The molecule has 0 fully saturated rings. The summed E-state index contributed by atoms with van der Waals surface area (Å²) >= 11 is 0. The summed E-state index contributed by atoms with van der Waals surface area (Å²) in [6, 6.07) is 7.46. The zero-order valence-electron chi connectivity index (χ0n) is 11.2. The molecule has 0 heterocycles. The third-order valence-corrected chi connectivity index (χ3v) is 2.48. The summed E-state index contributed by atoms with van der Waals surface area (Å²) in [5.41, 5.74) is 0.961. The summed E-state index contributed by atoms with van der Waals surface area (Å²) < 4.78 is 5.21. The monoisotopic (exact) mass is 251 g/mol. The first-order valence-corrected chi connectivity index (χ1v) is 5.92. The summed E-state index contributed by atoms with van der Waals surface area (Å²) in [6.07, 6.45) is 0. The molecule has 0 radical (unpaired) electrons. The Morgan fingerprint density at radius 3 is 2.67 bits per heavy atom. The zero-order chi connectivity index (χ0) is 13.4. The number of methoxy groups -OCH3 is 1. The van der Waals surface area contributed by atoms with E-state index < -0.39 is 0 Å². The average molecular weight is 251 g/mol. The minimum atomic E-state index is -0.164. The molecule has 2 amide bonds. The van der Waals surface area contributed by atoms with Crippen LogP contribution < -0.4 is 15.4 Å². The van der Waals surface area contributed by atoms with Crippen molar-refractivity contribution in [2.75, 3.05) is 34.3 Å². The van der Waals surface area contributed by atoms with E-state index >= 15 is 0 Å². The van der Waals surface area contributed by atoms with E-state index in [-0.39, 0.29) is 6.03 Å². The molecule has 5 nitrogen and oxygen atoms in total. The molecular formula is C13H21N3O2. The molecule has 0 aliphatic rings. The first-order chi connectivity index (χ1) is 8.63. The van der Waals surface area contributed by atoms with Crippen molar-refractivity contribution < 1.29 is 9.53 Å². The Labute approximate surface area is 108 Å². The second-order valence-corrected chi connectivity index (χ2v) is 4.22. The summed E-state index contributed by atoms with van der Waals surface area (Å²) in [4.78, 5) is 13.5. The van der Waals surface area contributed by atoms with E-state index in [1.54, 1.807) is 7.11 Å². The first-order valence-electron chi connectivity index (χ1n) is 5.92. The highest BCUT2D eigenvalue weighted by Crippen LogP contribution is 2.16. The predicted molar refractivity (Wildman–Crippen MR) is 71.8 cm³/mol. The summed E-state index contributed by atoms with van der Waals surface area (Å²) in [5, 5.41) is 5.59. The van der Waals surface area contributed by atoms with E-state index in [1.165, 1.54) is 0 Å². The number of carbonyl (C=O) groups excluding carboxylic acids is 1. The number of urea groups is 1. The number of amides is 2. The zero-order valence-corrected chi connectivity index (χ0v) is 11.2. The Hall–Kier alpha value is -1.75. The molecule has 100 valence electrons. The molecule has 1 aromatic carbocycles. The van der Waals surface area contributed by atoms with Crippen molar-refractivity contribution in [1.82, 2.24) is 15.5 Å². The van der Waals surface area contributed by atoms with E-state index in [0.717, 1.165) is 17.9 Å². The van der Waals surface area contributed by atoms with Crippen molar-refractivity contribution in [2.45, 2.75) is 6.54 Å². The summed E-state index contributed by atoms with van der Waals surface area (Å²) in [6.45, 7) is 1.91. The van der Waals surface area contributed by atoms with Gasteiger partial charge in [0.1, 0.15) is 5.75 Å². The van der Waals surface area contributed by atoms with E-state index in [0.29, 0.717) is 13.1 Å². The lowest BCUT2D eigenvalue weighted by Crippen LogP contribution is -2.38. The maximum Gasteiger partial charge on any atom is 0.315 e. The lowest BCUT2D eigenvalue weighted by molar-refractivity contribution is 0.239. The maximum atomic E-state index is 11.5. The number of rotatable bonds is 6. The van der Waals surface area contributed by atoms with Crippen molar-refractivity contribution in [3.63, 3.8) is 0 Å². The van der Waals surface area contributed by atoms with Gasteiger partial charge in [-0.15, -0.1) is 0 Å². The summed E-state index contributed by atoms with van der Waals surface area (Å²) in [7, 11) is 5.55. The van der Waals surface area contributed by atoms with Crippen LogP contribution in [-0.2, 0) is 6.54 Å². The Morgan fingerprint density at radius 2 is 2.00 bits per heavy atom. The molecule has 0 aliphatic heterocycles. The van der Waals surface area contributed by atoms with Crippen LogP contribution in [0.4, 0.5) is 4.79 Å². The van der Waals surface area contributed by atoms with Gasteiger partial charge in [0.05, 0.1) is 7.11 Å². The van der Waals surface area contributed by atoms with E-state index in [4.69, 9.17) is 4.74 Å². The summed E-state index contributed by atoms with van der Waals surface area (Å²) in [5.74, 6) is 0.783. The Kier molecular flexibility index (Phi) is 6.00. The minimum absolute atomic E-state index is 0.164. The Bertz CT molecular complexity index is 380. The van der Waals surface area contributed by atoms with Gasteiger partial charge in [-0.2, -0.15) is 0 Å². The van der Waals surface area contributed by atoms with Crippen LogP contribution in [0.3, 0.4) is 0 Å². The smallest absolute Gasteiger partial charge is 0.315 e. The number of nitrogens with zero attached hydrogens (tertiary/aromatic N) is 1. The molecule has 0 atom stereocenters. The Balaban J connectivity index is 2.33. The van der Waals surface area contributed by atoms with E-state index in [9.17, 15) is 4.79 Å². The van der Waals surface area contributed by atoms with Crippen LogP contribution in [0.15, 0.2) is 24.3 Å². The highest BCUT2D eigenvalue weighted by atomic mass is 16.5.